The van der Waals surface area contributed by atoms with Crippen molar-refractivity contribution in [1.29, 1.82) is 0 Å². The highest BCUT2D eigenvalue weighted by molar-refractivity contribution is 5.76. The van der Waals surface area contributed by atoms with E-state index in [1.165, 1.54) is 6.07 Å². The molecule has 138 valence electrons. The van der Waals surface area contributed by atoms with Crippen LogP contribution in [0.2, 0.25) is 0 Å². The molecule has 1 atom stereocenters. The van der Waals surface area contributed by atoms with Crippen molar-refractivity contribution in [1.82, 2.24) is 19.8 Å². The van der Waals surface area contributed by atoms with Crippen LogP contribution in [0, 0.1) is 17.6 Å². The van der Waals surface area contributed by atoms with Crippen LogP contribution in [0.15, 0.2) is 36.9 Å². The average molecular weight is 360 g/mol. The molecule has 1 aliphatic carbocycles. The van der Waals surface area contributed by atoms with E-state index in [-0.39, 0.29) is 11.6 Å². The number of carbonyl (C=O) groups is 1. The van der Waals surface area contributed by atoms with Crippen LogP contribution < -0.4 is 5.32 Å². The molecule has 0 spiro atoms. The molecule has 2 amide bonds. The highest BCUT2D eigenvalue weighted by Gasteiger charge is 2.48. The second-order valence-electron chi connectivity index (χ2n) is 7.35. The molecule has 2 aromatic rings. The number of likely N-dealkylation sites (tertiary alicyclic amines) is 1. The van der Waals surface area contributed by atoms with Gasteiger partial charge in [-0.25, -0.2) is 18.6 Å². The standard InChI is InChI=1S/C19H22F2N4O/c20-15-3-4-17(21)16(10-15)19(5-6-19)23-18(26)25-8-1-2-14(12-25)11-24-9-7-22-13-24/h3-4,7,9-10,13-14H,1-2,5-6,8,11-12H2,(H,23,26)/t14-/m0/s1. The molecular formula is C19H22F2N4O. The van der Waals surface area contributed by atoms with Gasteiger partial charge in [-0.2, -0.15) is 0 Å². The van der Waals surface area contributed by atoms with Crippen LogP contribution in [0.25, 0.3) is 0 Å². The summed E-state index contributed by atoms with van der Waals surface area (Å²) in [6.07, 6.45) is 8.71. The molecule has 0 bridgehead atoms. The lowest BCUT2D eigenvalue weighted by Gasteiger charge is -2.34. The number of imidazole rings is 1. The maximum Gasteiger partial charge on any atom is 0.318 e. The number of nitrogens with one attached hydrogen (secondary N) is 1. The van der Waals surface area contributed by atoms with Gasteiger partial charge in [-0.15, -0.1) is 0 Å². The van der Waals surface area contributed by atoms with E-state index in [1.807, 2.05) is 10.8 Å². The predicted octanol–water partition coefficient (Wildman–Crippen LogP) is 3.27. The summed E-state index contributed by atoms with van der Waals surface area (Å²) >= 11 is 0. The van der Waals surface area contributed by atoms with Gasteiger partial charge in [0.25, 0.3) is 0 Å². The maximum atomic E-state index is 14.1. The van der Waals surface area contributed by atoms with Crippen LogP contribution in [0.3, 0.4) is 0 Å². The van der Waals surface area contributed by atoms with Gasteiger partial charge >= 0.3 is 6.03 Å². The zero-order valence-corrected chi connectivity index (χ0v) is 14.5. The van der Waals surface area contributed by atoms with E-state index in [2.05, 4.69) is 10.3 Å². The first-order chi connectivity index (χ1) is 12.6. The minimum atomic E-state index is -0.763. The summed E-state index contributed by atoms with van der Waals surface area (Å²) in [5.74, 6) is -0.592. The Morgan fingerprint density at radius 2 is 2.19 bits per heavy atom. The Labute approximate surface area is 151 Å². The molecule has 1 aliphatic heterocycles. The van der Waals surface area contributed by atoms with Gasteiger partial charge in [0, 0.05) is 37.6 Å². The molecule has 1 aromatic carbocycles. The van der Waals surface area contributed by atoms with Crippen LogP contribution >= 0.6 is 0 Å². The lowest BCUT2D eigenvalue weighted by molar-refractivity contribution is 0.155. The molecule has 1 N–H and O–H groups in total. The van der Waals surface area contributed by atoms with Crippen molar-refractivity contribution in [2.45, 2.75) is 37.8 Å². The monoisotopic (exact) mass is 360 g/mol. The van der Waals surface area contributed by atoms with E-state index in [9.17, 15) is 13.6 Å². The molecule has 0 radical (unpaired) electrons. The number of nitrogens with zero attached hydrogens (tertiary/aromatic N) is 3. The molecule has 1 saturated carbocycles. The Morgan fingerprint density at radius 3 is 2.92 bits per heavy atom. The normalized spacial score (nSPS) is 21.5. The van der Waals surface area contributed by atoms with Gasteiger partial charge in [-0.3, -0.25) is 0 Å². The summed E-state index contributed by atoms with van der Waals surface area (Å²) in [7, 11) is 0. The Bertz CT molecular complexity index is 789. The zero-order chi connectivity index (χ0) is 18.1. The van der Waals surface area contributed by atoms with Crippen LogP contribution in [0.1, 0.15) is 31.2 Å². The summed E-state index contributed by atoms with van der Waals surface area (Å²) in [5, 5.41) is 2.96. The summed E-state index contributed by atoms with van der Waals surface area (Å²) in [6.45, 7) is 2.17. The van der Waals surface area contributed by atoms with E-state index in [0.29, 0.717) is 31.8 Å². The van der Waals surface area contributed by atoms with Gasteiger partial charge in [-0.1, -0.05) is 0 Å². The number of benzene rings is 1. The van der Waals surface area contributed by atoms with Crippen LogP contribution in [-0.4, -0.2) is 33.6 Å². The summed E-state index contributed by atoms with van der Waals surface area (Å²) in [6, 6.07) is 3.23. The van der Waals surface area contributed by atoms with Gasteiger partial charge in [-0.05, 0) is 49.8 Å². The largest absolute Gasteiger partial charge is 0.337 e. The average Bonchev–Trinajstić information content (AvgIpc) is 3.22. The van der Waals surface area contributed by atoms with Crippen molar-refractivity contribution in [2.24, 2.45) is 5.92 Å². The number of hydrogen-bond donors (Lipinski definition) is 1. The fourth-order valence-corrected chi connectivity index (χ4v) is 3.83. The molecule has 1 saturated heterocycles. The third kappa shape index (κ3) is 3.43. The van der Waals surface area contributed by atoms with Crippen molar-refractivity contribution in [3.63, 3.8) is 0 Å². The predicted molar refractivity (Wildman–Crippen MR) is 92.3 cm³/mol. The van der Waals surface area contributed by atoms with Crippen molar-refractivity contribution >= 4 is 6.03 Å². The van der Waals surface area contributed by atoms with Crippen LogP contribution in [0.5, 0.6) is 0 Å². The van der Waals surface area contributed by atoms with E-state index >= 15 is 0 Å². The summed E-state index contributed by atoms with van der Waals surface area (Å²) in [5.41, 5.74) is -0.515. The van der Waals surface area contributed by atoms with Crippen LogP contribution in [0.4, 0.5) is 13.6 Å². The quantitative estimate of drug-likeness (QED) is 0.910. The number of halogens is 2. The first-order valence-corrected chi connectivity index (χ1v) is 9.04. The first-order valence-electron chi connectivity index (χ1n) is 9.04. The maximum absolute atomic E-state index is 14.1. The number of hydrogen-bond acceptors (Lipinski definition) is 2. The highest BCUT2D eigenvalue weighted by Crippen LogP contribution is 2.46. The molecule has 7 heteroatoms. The summed E-state index contributed by atoms with van der Waals surface area (Å²) < 4.78 is 29.7. The first kappa shape index (κ1) is 17.0. The van der Waals surface area contributed by atoms with Crippen molar-refractivity contribution < 1.29 is 13.6 Å². The van der Waals surface area contributed by atoms with E-state index in [0.717, 1.165) is 31.5 Å². The van der Waals surface area contributed by atoms with Crippen molar-refractivity contribution in [3.8, 4) is 0 Å². The van der Waals surface area contributed by atoms with Crippen LogP contribution in [-0.2, 0) is 12.1 Å². The molecule has 2 aliphatic rings. The molecule has 26 heavy (non-hydrogen) atoms. The molecule has 1 aromatic heterocycles. The van der Waals surface area contributed by atoms with Crippen molar-refractivity contribution in [3.05, 3.63) is 54.1 Å². The van der Waals surface area contributed by atoms with Crippen molar-refractivity contribution in [2.75, 3.05) is 13.1 Å². The summed E-state index contributed by atoms with van der Waals surface area (Å²) in [4.78, 5) is 18.6. The smallest absolute Gasteiger partial charge is 0.318 e. The van der Waals surface area contributed by atoms with Gasteiger partial charge < -0.3 is 14.8 Å². The fraction of sp³-hybridized carbons (Fsp3) is 0.474. The molecule has 2 fully saturated rings. The number of amides is 2. The topological polar surface area (TPSA) is 50.2 Å². The third-order valence-corrected chi connectivity index (χ3v) is 5.37. The van der Waals surface area contributed by atoms with Gasteiger partial charge in [0.1, 0.15) is 11.6 Å². The minimum absolute atomic E-state index is 0.193. The van der Waals surface area contributed by atoms with E-state index < -0.39 is 17.2 Å². The van der Waals surface area contributed by atoms with Gasteiger partial charge in [0.2, 0.25) is 0 Å². The SMILES string of the molecule is O=C(NC1(c2cc(F)ccc2F)CC1)N1CCC[C@@H](Cn2ccnc2)C1. The third-order valence-electron chi connectivity index (χ3n) is 5.37. The minimum Gasteiger partial charge on any atom is -0.337 e. The number of piperidine rings is 1. The van der Waals surface area contributed by atoms with Gasteiger partial charge in [0.15, 0.2) is 0 Å². The second-order valence-corrected chi connectivity index (χ2v) is 7.35. The fourth-order valence-electron chi connectivity index (χ4n) is 3.83. The Morgan fingerprint density at radius 1 is 1.35 bits per heavy atom. The molecule has 5 nitrogen and oxygen atoms in total. The highest BCUT2D eigenvalue weighted by atomic mass is 19.1. The van der Waals surface area contributed by atoms with Gasteiger partial charge in [0.05, 0.1) is 11.9 Å². The number of carbonyl (C=O) groups excluding carboxylic acids is 1. The second kappa shape index (κ2) is 6.70. The Hall–Kier alpha value is -2.44. The Kier molecular flexibility index (Phi) is 4.38. The lowest BCUT2D eigenvalue weighted by Crippen LogP contribution is -2.49. The lowest BCUT2D eigenvalue weighted by atomic mass is 9.98. The zero-order valence-electron chi connectivity index (χ0n) is 14.5. The van der Waals surface area contributed by atoms with E-state index in [4.69, 9.17) is 0 Å². The number of urea groups is 1. The molecular weight excluding hydrogens is 338 g/mol. The number of rotatable bonds is 4. The number of aromatic nitrogens is 2. The molecule has 4 rings (SSSR count). The molecule has 0 unspecified atom stereocenters. The van der Waals surface area contributed by atoms with E-state index in [1.54, 1.807) is 17.4 Å². The molecule has 2 heterocycles. The Balaban J connectivity index is 1.42.